The second kappa shape index (κ2) is 23.1. The standard InChI is InChI=1S/C27H54N6O/c1-3-5-7-9-11-13-15-17-19-21-23-28-25-30-26(32-27(31-25)33-34)29-24-22-20-18-16-14-12-10-8-6-4-2/h34H,3-24H2,1-2H3,(H3,28,29,30,31,32,33). The molecule has 0 aromatic carbocycles. The smallest absolute Gasteiger partial charge is 0.253 e. The van der Waals surface area contributed by atoms with Crippen LogP contribution in [0.1, 0.15) is 142 Å². The van der Waals surface area contributed by atoms with Crippen LogP contribution in [0.15, 0.2) is 0 Å². The highest BCUT2D eigenvalue weighted by atomic mass is 16.5. The lowest BCUT2D eigenvalue weighted by atomic mass is 10.1. The lowest BCUT2D eigenvalue weighted by Crippen LogP contribution is -2.12. The number of rotatable bonds is 25. The highest BCUT2D eigenvalue weighted by Crippen LogP contribution is 2.13. The van der Waals surface area contributed by atoms with Crippen LogP contribution in [0.25, 0.3) is 0 Å². The van der Waals surface area contributed by atoms with E-state index in [2.05, 4.69) is 44.9 Å². The molecule has 1 rings (SSSR count). The number of unbranched alkanes of at least 4 members (excludes halogenated alkanes) is 18. The molecular formula is C27H54N6O. The zero-order chi connectivity index (χ0) is 24.5. The van der Waals surface area contributed by atoms with Crippen molar-refractivity contribution >= 4 is 17.8 Å². The molecule has 0 aliphatic heterocycles. The van der Waals surface area contributed by atoms with Crippen LogP contribution >= 0.6 is 0 Å². The van der Waals surface area contributed by atoms with Crippen LogP contribution in [-0.4, -0.2) is 33.2 Å². The molecule has 0 aliphatic carbocycles. The summed E-state index contributed by atoms with van der Waals surface area (Å²) in [5.41, 5.74) is 2.05. The molecule has 0 radical (unpaired) electrons. The maximum absolute atomic E-state index is 9.25. The van der Waals surface area contributed by atoms with Gasteiger partial charge in [-0.25, -0.2) is 5.48 Å². The van der Waals surface area contributed by atoms with E-state index in [1.54, 1.807) is 0 Å². The molecule has 7 nitrogen and oxygen atoms in total. The number of nitrogens with zero attached hydrogens (tertiary/aromatic N) is 3. The van der Waals surface area contributed by atoms with E-state index in [0.29, 0.717) is 11.9 Å². The first kappa shape index (κ1) is 30.4. The summed E-state index contributed by atoms with van der Waals surface area (Å²) in [5, 5.41) is 15.8. The van der Waals surface area contributed by atoms with Gasteiger partial charge in [-0.2, -0.15) is 15.0 Å². The number of hydrogen-bond acceptors (Lipinski definition) is 7. The Morgan fingerprint density at radius 3 is 1.06 bits per heavy atom. The van der Waals surface area contributed by atoms with Crippen LogP contribution in [0.2, 0.25) is 0 Å². The summed E-state index contributed by atoms with van der Waals surface area (Å²) in [5.74, 6) is 1.19. The molecule has 0 saturated heterocycles. The van der Waals surface area contributed by atoms with Crippen molar-refractivity contribution in [3.63, 3.8) is 0 Å². The Balaban J connectivity index is 2.10. The Labute approximate surface area is 209 Å². The third-order valence-electron chi connectivity index (χ3n) is 6.36. The Morgan fingerprint density at radius 1 is 0.441 bits per heavy atom. The lowest BCUT2D eigenvalue weighted by molar-refractivity contribution is 0.382. The van der Waals surface area contributed by atoms with Gasteiger partial charge in [-0.1, -0.05) is 129 Å². The average Bonchev–Trinajstić information content (AvgIpc) is 2.85. The summed E-state index contributed by atoms with van der Waals surface area (Å²) in [7, 11) is 0. The van der Waals surface area contributed by atoms with Crippen molar-refractivity contribution in [2.75, 3.05) is 29.2 Å². The fraction of sp³-hybridized carbons (Fsp3) is 0.889. The molecule has 1 heterocycles. The fourth-order valence-corrected chi connectivity index (χ4v) is 4.21. The van der Waals surface area contributed by atoms with E-state index >= 15 is 0 Å². The van der Waals surface area contributed by atoms with Gasteiger partial charge in [-0.3, -0.25) is 5.21 Å². The second-order valence-electron chi connectivity index (χ2n) is 9.64. The summed E-state index contributed by atoms with van der Waals surface area (Å²) in [6, 6.07) is 0. The van der Waals surface area contributed by atoms with E-state index in [1.807, 2.05) is 0 Å². The van der Waals surface area contributed by atoms with Gasteiger partial charge in [-0.05, 0) is 12.8 Å². The van der Waals surface area contributed by atoms with Gasteiger partial charge in [0.1, 0.15) is 0 Å². The van der Waals surface area contributed by atoms with E-state index in [9.17, 15) is 5.21 Å². The molecular weight excluding hydrogens is 424 g/mol. The van der Waals surface area contributed by atoms with E-state index in [4.69, 9.17) is 0 Å². The Bertz CT molecular complexity index is 528. The van der Waals surface area contributed by atoms with Crippen molar-refractivity contribution in [3.8, 4) is 0 Å². The van der Waals surface area contributed by atoms with Crippen LogP contribution in [-0.2, 0) is 0 Å². The minimum absolute atomic E-state index is 0.172. The highest BCUT2D eigenvalue weighted by Gasteiger charge is 2.05. The van der Waals surface area contributed by atoms with Crippen molar-refractivity contribution in [1.82, 2.24) is 15.0 Å². The zero-order valence-electron chi connectivity index (χ0n) is 22.3. The van der Waals surface area contributed by atoms with E-state index in [1.165, 1.54) is 116 Å². The molecule has 0 atom stereocenters. The molecule has 0 spiro atoms. The fourth-order valence-electron chi connectivity index (χ4n) is 4.21. The summed E-state index contributed by atoms with van der Waals surface area (Å²) in [4.78, 5) is 12.9. The maximum Gasteiger partial charge on any atom is 0.253 e. The molecule has 0 aliphatic rings. The van der Waals surface area contributed by atoms with Crippen LogP contribution in [0, 0.1) is 0 Å². The quantitative estimate of drug-likeness (QED) is 0.0828. The second-order valence-corrected chi connectivity index (χ2v) is 9.64. The van der Waals surface area contributed by atoms with Gasteiger partial charge in [0.15, 0.2) is 0 Å². The van der Waals surface area contributed by atoms with Gasteiger partial charge < -0.3 is 10.6 Å². The molecule has 0 bridgehead atoms. The SMILES string of the molecule is CCCCCCCCCCCCNc1nc(NO)nc(NCCCCCCCCCCCC)n1. The predicted molar refractivity (Wildman–Crippen MR) is 146 cm³/mol. The van der Waals surface area contributed by atoms with Gasteiger partial charge in [0.25, 0.3) is 5.95 Å². The molecule has 0 unspecified atom stereocenters. The molecule has 0 saturated carbocycles. The number of nitrogens with one attached hydrogen (secondary N) is 3. The van der Waals surface area contributed by atoms with Crippen molar-refractivity contribution in [1.29, 1.82) is 0 Å². The summed E-state index contributed by atoms with van der Waals surface area (Å²) >= 11 is 0. The van der Waals surface area contributed by atoms with E-state index in [0.717, 1.165) is 25.9 Å². The topological polar surface area (TPSA) is 95.0 Å². The van der Waals surface area contributed by atoms with Gasteiger partial charge in [0.05, 0.1) is 0 Å². The monoisotopic (exact) mass is 478 g/mol. The zero-order valence-corrected chi connectivity index (χ0v) is 22.3. The molecule has 4 N–H and O–H groups in total. The van der Waals surface area contributed by atoms with Crippen molar-refractivity contribution in [2.24, 2.45) is 0 Å². The minimum atomic E-state index is 0.172. The molecule has 0 amide bonds. The van der Waals surface area contributed by atoms with Crippen LogP contribution in [0.4, 0.5) is 17.8 Å². The minimum Gasteiger partial charge on any atom is -0.354 e. The van der Waals surface area contributed by atoms with Crippen LogP contribution < -0.4 is 16.1 Å². The maximum atomic E-state index is 9.25. The first-order chi connectivity index (χ1) is 16.8. The highest BCUT2D eigenvalue weighted by molar-refractivity contribution is 5.40. The van der Waals surface area contributed by atoms with Crippen molar-refractivity contribution in [2.45, 2.75) is 142 Å². The molecule has 7 heteroatoms. The first-order valence-electron chi connectivity index (χ1n) is 14.4. The summed E-state index contributed by atoms with van der Waals surface area (Å²) in [6.45, 7) is 6.21. The molecule has 1 aromatic heterocycles. The summed E-state index contributed by atoms with van der Waals surface area (Å²) < 4.78 is 0. The summed E-state index contributed by atoms with van der Waals surface area (Å²) in [6.07, 6.45) is 26.4. The normalized spacial score (nSPS) is 11.0. The molecule has 0 fully saturated rings. The van der Waals surface area contributed by atoms with Crippen molar-refractivity contribution < 1.29 is 5.21 Å². The van der Waals surface area contributed by atoms with Gasteiger partial charge in [-0.15, -0.1) is 0 Å². The predicted octanol–water partition coefficient (Wildman–Crippen LogP) is 8.34. The number of anilines is 3. The Morgan fingerprint density at radius 2 is 0.735 bits per heavy atom. The van der Waals surface area contributed by atoms with Crippen molar-refractivity contribution in [3.05, 3.63) is 0 Å². The van der Waals surface area contributed by atoms with E-state index in [-0.39, 0.29) is 5.95 Å². The number of aromatic nitrogens is 3. The Kier molecular flexibility index (Phi) is 20.7. The molecule has 198 valence electrons. The third kappa shape index (κ3) is 17.8. The first-order valence-corrected chi connectivity index (χ1v) is 14.4. The van der Waals surface area contributed by atoms with Gasteiger partial charge in [0, 0.05) is 13.1 Å². The van der Waals surface area contributed by atoms with E-state index < -0.39 is 0 Å². The number of hydrogen-bond donors (Lipinski definition) is 4. The molecule has 1 aromatic rings. The van der Waals surface area contributed by atoms with Gasteiger partial charge in [0.2, 0.25) is 11.9 Å². The van der Waals surface area contributed by atoms with Crippen LogP contribution in [0.3, 0.4) is 0 Å². The average molecular weight is 479 g/mol. The van der Waals surface area contributed by atoms with Crippen LogP contribution in [0.5, 0.6) is 0 Å². The lowest BCUT2D eigenvalue weighted by Gasteiger charge is -2.10. The largest absolute Gasteiger partial charge is 0.354 e. The molecule has 34 heavy (non-hydrogen) atoms. The Hall–Kier alpha value is -1.63. The third-order valence-corrected chi connectivity index (χ3v) is 6.36. The van der Waals surface area contributed by atoms with Gasteiger partial charge >= 0.3 is 0 Å².